The number of ether oxygens (including phenoxy) is 12. The second-order valence-electron chi connectivity index (χ2n) is 8.87. The molecule has 0 atom stereocenters. The van der Waals surface area contributed by atoms with E-state index in [1.807, 2.05) is 12.1 Å². The van der Waals surface area contributed by atoms with Gasteiger partial charge in [-0.1, -0.05) is 0 Å². The van der Waals surface area contributed by atoms with Gasteiger partial charge in [0.1, 0.15) is 12.4 Å². The number of rotatable bonds is 34. The zero-order valence-corrected chi connectivity index (χ0v) is 26.3. The van der Waals surface area contributed by atoms with Crippen molar-refractivity contribution in [2.45, 2.75) is 6.42 Å². The largest absolute Gasteiger partial charge is 0.491 e. The number of hydrogen-bond acceptors (Lipinski definition) is 14. The van der Waals surface area contributed by atoms with Gasteiger partial charge in [-0.25, -0.2) is 0 Å². The first-order valence-electron chi connectivity index (χ1n) is 15.0. The fourth-order valence-corrected chi connectivity index (χ4v) is 3.12. The number of carbonyl (C=O) groups is 1. The topological polar surface area (TPSA) is 154 Å². The van der Waals surface area contributed by atoms with Gasteiger partial charge < -0.3 is 62.6 Å². The van der Waals surface area contributed by atoms with Crippen molar-refractivity contribution in [2.24, 2.45) is 0 Å². The fraction of sp³-hybridized carbons (Fsp3) is 0.767. The second kappa shape index (κ2) is 32.3. The van der Waals surface area contributed by atoms with Gasteiger partial charge in [0, 0.05) is 5.69 Å². The van der Waals surface area contributed by atoms with Crippen LogP contribution in [0.4, 0.5) is 5.69 Å². The van der Waals surface area contributed by atoms with Crippen molar-refractivity contribution in [1.82, 2.24) is 0 Å². The van der Waals surface area contributed by atoms with Crippen molar-refractivity contribution in [2.75, 3.05) is 152 Å². The van der Waals surface area contributed by atoms with E-state index in [0.717, 1.165) is 5.75 Å². The molecule has 14 heteroatoms. The Labute approximate surface area is 261 Å². The Morgan fingerprint density at radius 3 is 1.02 bits per heavy atom. The van der Waals surface area contributed by atoms with E-state index >= 15 is 0 Å². The number of benzene rings is 1. The van der Waals surface area contributed by atoms with Gasteiger partial charge in [-0.3, -0.25) is 4.79 Å². The molecule has 0 aromatic heterocycles. The van der Waals surface area contributed by atoms with Crippen LogP contribution in [0.25, 0.3) is 0 Å². The molecule has 0 unspecified atom stereocenters. The summed E-state index contributed by atoms with van der Waals surface area (Å²) in [6, 6.07) is 7.25. The summed E-state index contributed by atoms with van der Waals surface area (Å²) in [6.45, 7) is 10.1. The van der Waals surface area contributed by atoms with E-state index in [0.29, 0.717) is 144 Å². The number of hydrogen-bond donors (Lipinski definition) is 1. The van der Waals surface area contributed by atoms with E-state index < -0.39 is 0 Å². The molecule has 1 aromatic carbocycles. The van der Waals surface area contributed by atoms with E-state index in [1.165, 1.54) is 7.11 Å². The van der Waals surface area contributed by atoms with Gasteiger partial charge in [0.25, 0.3) is 0 Å². The number of carbonyl (C=O) groups excluding carboxylic acids is 1. The van der Waals surface area contributed by atoms with E-state index in [-0.39, 0.29) is 12.4 Å². The Morgan fingerprint density at radius 2 is 0.727 bits per heavy atom. The highest BCUT2D eigenvalue weighted by atomic mass is 16.6. The summed E-state index contributed by atoms with van der Waals surface area (Å²) in [7, 11) is 1.35. The molecule has 0 aliphatic heterocycles. The molecule has 44 heavy (non-hydrogen) atoms. The molecule has 0 aliphatic rings. The average Bonchev–Trinajstić information content (AvgIpc) is 3.04. The summed E-state index contributed by atoms with van der Waals surface area (Å²) >= 11 is 0. The third kappa shape index (κ3) is 28.6. The lowest BCUT2D eigenvalue weighted by molar-refractivity contribution is -0.141. The quantitative estimate of drug-likeness (QED) is 0.0659. The molecule has 256 valence electrons. The minimum Gasteiger partial charge on any atom is -0.491 e. The molecule has 1 rings (SSSR count). The Morgan fingerprint density at radius 1 is 0.455 bits per heavy atom. The van der Waals surface area contributed by atoms with Gasteiger partial charge in [0.2, 0.25) is 0 Å². The first-order chi connectivity index (χ1) is 21.7. The molecule has 0 radical (unpaired) electrons. The van der Waals surface area contributed by atoms with Crippen LogP contribution in [-0.2, 0) is 56.9 Å². The third-order valence-corrected chi connectivity index (χ3v) is 5.40. The molecule has 14 nitrogen and oxygen atoms in total. The van der Waals surface area contributed by atoms with Crippen LogP contribution in [-0.4, -0.2) is 152 Å². The standard InChI is InChI=1S/C30H53NO13/c1-33-30(32)6-7-34-8-9-35-10-11-36-12-13-37-14-15-38-16-17-39-18-19-40-20-21-41-22-23-42-24-25-43-26-27-44-29-4-2-28(31)3-5-29/h2-5H,6-27,31H2,1H3. The number of nitrogen functional groups attached to an aromatic ring is 1. The van der Waals surface area contributed by atoms with Gasteiger partial charge in [-0.15, -0.1) is 0 Å². The van der Waals surface area contributed by atoms with Crippen molar-refractivity contribution in [1.29, 1.82) is 0 Å². The minimum atomic E-state index is -0.287. The van der Waals surface area contributed by atoms with E-state index in [9.17, 15) is 4.79 Å². The lowest BCUT2D eigenvalue weighted by atomic mass is 10.3. The molecule has 2 N–H and O–H groups in total. The Hall–Kier alpha value is -2.11. The summed E-state index contributed by atoms with van der Waals surface area (Å²) in [5, 5.41) is 0. The Bertz CT molecular complexity index is 742. The molecule has 0 bridgehead atoms. The Kier molecular flexibility index (Phi) is 29.3. The van der Waals surface area contributed by atoms with Crippen LogP contribution in [0.3, 0.4) is 0 Å². The highest BCUT2D eigenvalue weighted by Gasteiger charge is 2.00. The highest BCUT2D eigenvalue weighted by Crippen LogP contribution is 2.12. The van der Waals surface area contributed by atoms with Crippen LogP contribution in [0.1, 0.15) is 6.42 Å². The second-order valence-corrected chi connectivity index (χ2v) is 8.87. The number of esters is 1. The van der Waals surface area contributed by atoms with Crippen molar-refractivity contribution >= 4 is 11.7 Å². The zero-order chi connectivity index (χ0) is 31.6. The van der Waals surface area contributed by atoms with Gasteiger partial charge in [-0.2, -0.15) is 0 Å². The highest BCUT2D eigenvalue weighted by molar-refractivity contribution is 5.69. The van der Waals surface area contributed by atoms with Crippen molar-refractivity contribution in [3.05, 3.63) is 24.3 Å². The lowest BCUT2D eigenvalue weighted by Crippen LogP contribution is -2.15. The van der Waals surface area contributed by atoms with Gasteiger partial charge in [0.05, 0.1) is 146 Å². The normalized spacial score (nSPS) is 11.2. The maximum atomic E-state index is 10.9. The van der Waals surface area contributed by atoms with Crippen LogP contribution in [0, 0.1) is 0 Å². The first-order valence-corrected chi connectivity index (χ1v) is 15.0. The van der Waals surface area contributed by atoms with Crippen LogP contribution >= 0.6 is 0 Å². The van der Waals surface area contributed by atoms with Crippen LogP contribution < -0.4 is 10.5 Å². The maximum absolute atomic E-state index is 10.9. The molecule has 0 fully saturated rings. The summed E-state index contributed by atoms with van der Waals surface area (Å²) < 4.78 is 64.3. The molecule has 0 amide bonds. The van der Waals surface area contributed by atoms with Crippen LogP contribution in [0.2, 0.25) is 0 Å². The molecular formula is C30H53NO13. The molecule has 1 aromatic rings. The number of anilines is 1. The monoisotopic (exact) mass is 635 g/mol. The number of methoxy groups -OCH3 is 1. The zero-order valence-electron chi connectivity index (χ0n) is 26.3. The molecule has 0 aliphatic carbocycles. The van der Waals surface area contributed by atoms with E-state index in [4.69, 9.17) is 57.8 Å². The molecule has 0 saturated heterocycles. The molecular weight excluding hydrogens is 582 g/mol. The molecule has 0 heterocycles. The predicted octanol–water partition coefficient (Wildman–Crippen LogP) is 1.38. The van der Waals surface area contributed by atoms with Crippen molar-refractivity contribution in [3.8, 4) is 5.75 Å². The Balaban J connectivity index is 1.63. The third-order valence-electron chi connectivity index (χ3n) is 5.40. The summed E-state index contributed by atoms with van der Waals surface area (Å²) in [4.78, 5) is 10.9. The lowest BCUT2D eigenvalue weighted by Gasteiger charge is -2.09. The fourth-order valence-electron chi connectivity index (χ4n) is 3.12. The first kappa shape index (κ1) is 39.9. The number of nitrogens with two attached hydrogens (primary N) is 1. The van der Waals surface area contributed by atoms with Crippen molar-refractivity contribution < 1.29 is 61.6 Å². The van der Waals surface area contributed by atoms with Crippen LogP contribution in [0.15, 0.2) is 24.3 Å². The van der Waals surface area contributed by atoms with E-state index in [2.05, 4.69) is 4.74 Å². The summed E-state index contributed by atoms with van der Waals surface area (Å²) in [6.07, 6.45) is 0.244. The van der Waals surface area contributed by atoms with Crippen molar-refractivity contribution in [3.63, 3.8) is 0 Å². The summed E-state index contributed by atoms with van der Waals surface area (Å²) in [5.74, 6) is 0.482. The smallest absolute Gasteiger partial charge is 0.307 e. The predicted molar refractivity (Wildman–Crippen MR) is 161 cm³/mol. The summed E-state index contributed by atoms with van der Waals surface area (Å²) in [5.41, 5.74) is 6.34. The average molecular weight is 636 g/mol. The van der Waals surface area contributed by atoms with Gasteiger partial charge in [-0.05, 0) is 24.3 Å². The van der Waals surface area contributed by atoms with E-state index in [1.54, 1.807) is 12.1 Å². The minimum absolute atomic E-state index is 0.244. The van der Waals surface area contributed by atoms with Gasteiger partial charge in [0.15, 0.2) is 0 Å². The molecule has 0 spiro atoms. The van der Waals surface area contributed by atoms with Crippen LogP contribution in [0.5, 0.6) is 5.75 Å². The maximum Gasteiger partial charge on any atom is 0.307 e. The van der Waals surface area contributed by atoms with Gasteiger partial charge >= 0.3 is 5.97 Å². The molecule has 0 saturated carbocycles. The SMILES string of the molecule is COC(=O)CCOCCOCCOCCOCCOCCOCCOCCOCCOCCOCCOc1ccc(N)cc1.